The number of carbonyl (C=O) groups excluding carboxylic acids is 6. The molecule has 0 saturated heterocycles. The number of nitriles is 3. The van der Waals surface area contributed by atoms with Crippen LogP contribution in [0.2, 0.25) is 0 Å². The van der Waals surface area contributed by atoms with Gasteiger partial charge in [-0.1, -0.05) is 0 Å². The number of rotatable bonds is 18. The van der Waals surface area contributed by atoms with Gasteiger partial charge in [-0.15, -0.1) is 10.5 Å². The standard InChI is InChI=1S/C38H35N5O12/c1-23(52-37(48)28-11-13-29(14-12-28)50-21-40)33(44)42-19-5-4-6-32(43-34(45)24(2)53-36(47)27-9-7-26(20-39)8-10-27)38(49)54-25(3)35(46)55-31-17-15-30(16-18-31)51-22-41/h7-18,23-25,32H,4-6,19H2,1-3H3,(H,42,44)(H,43,45). The molecule has 17 nitrogen and oxygen atoms in total. The first kappa shape index (κ1) is 42.0. The summed E-state index contributed by atoms with van der Waals surface area (Å²) in [5, 5.41) is 31.3. The molecule has 4 atom stereocenters. The third-order valence-corrected chi connectivity index (χ3v) is 7.46. The summed E-state index contributed by atoms with van der Waals surface area (Å²) < 4.78 is 30.3. The van der Waals surface area contributed by atoms with Crippen LogP contribution in [-0.4, -0.2) is 66.6 Å². The highest BCUT2D eigenvalue weighted by Crippen LogP contribution is 2.19. The fraction of sp³-hybridized carbons (Fsp3) is 0.289. The Balaban J connectivity index is 1.57. The van der Waals surface area contributed by atoms with Gasteiger partial charge in [-0.3, -0.25) is 9.59 Å². The number of unbranched alkanes of at least 4 members (excludes halogenated alkanes) is 1. The molecule has 0 fully saturated rings. The topological polar surface area (TPSA) is 253 Å². The molecule has 2 amide bonds. The third-order valence-electron chi connectivity index (χ3n) is 7.46. The van der Waals surface area contributed by atoms with Gasteiger partial charge >= 0.3 is 23.9 Å². The van der Waals surface area contributed by atoms with Crippen LogP contribution in [0, 0.1) is 34.4 Å². The van der Waals surface area contributed by atoms with E-state index in [1.165, 1.54) is 106 Å². The molecule has 0 spiro atoms. The first-order chi connectivity index (χ1) is 26.3. The van der Waals surface area contributed by atoms with Gasteiger partial charge in [0, 0.05) is 6.54 Å². The molecule has 17 heteroatoms. The third kappa shape index (κ3) is 13.6. The summed E-state index contributed by atoms with van der Waals surface area (Å²) in [6.45, 7) is 4.02. The monoisotopic (exact) mass is 753 g/mol. The molecule has 55 heavy (non-hydrogen) atoms. The van der Waals surface area contributed by atoms with Crippen LogP contribution in [0.3, 0.4) is 0 Å². The van der Waals surface area contributed by atoms with Crippen molar-refractivity contribution in [3.63, 3.8) is 0 Å². The summed E-state index contributed by atoms with van der Waals surface area (Å²) in [4.78, 5) is 76.6. The van der Waals surface area contributed by atoms with E-state index in [1.54, 1.807) is 0 Å². The molecule has 0 aromatic heterocycles. The number of carbonyl (C=O) groups is 6. The predicted molar refractivity (Wildman–Crippen MR) is 186 cm³/mol. The number of ether oxygens (including phenoxy) is 6. The number of nitrogens with zero attached hydrogens (tertiary/aromatic N) is 3. The van der Waals surface area contributed by atoms with Crippen molar-refractivity contribution in [2.75, 3.05) is 6.54 Å². The molecule has 0 saturated carbocycles. The van der Waals surface area contributed by atoms with Gasteiger partial charge in [0.05, 0.1) is 22.8 Å². The lowest BCUT2D eigenvalue weighted by Gasteiger charge is -2.22. The molecule has 0 bridgehead atoms. The number of amides is 2. The van der Waals surface area contributed by atoms with E-state index < -0.39 is 60.0 Å². The van der Waals surface area contributed by atoms with Crippen molar-refractivity contribution in [1.29, 1.82) is 15.8 Å². The van der Waals surface area contributed by atoms with E-state index in [2.05, 4.69) is 20.1 Å². The molecular weight excluding hydrogens is 718 g/mol. The van der Waals surface area contributed by atoms with Crippen molar-refractivity contribution < 1.29 is 57.2 Å². The maximum Gasteiger partial charge on any atom is 0.352 e. The molecular formula is C38H35N5O12. The fourth-order valence-electron chi connectivity index (χ4n) is 4.46. The molecule has 284 valence electrons. The fourth-order valence-corrected chi connectivity index (χ4v) is 4.46. The summed E-state index contributed by atoms with van der Waals surface area (Å²) >= 11 is 0. The lowest BCUT2D eigenvalue weighted by atomic mass is 10.1. The zero-order chi connectivity index (χ0) is 40.3. The highest BCUT2D eigenvalue weighted by atomic mass is 16.6. The molecule has 4 unspecified atom stereocenters. The Bertz CT molecular complexity index is 1960. The molecule has 0 radical (unpaired) electrons. The van der Waals surface area contributed by atoms with Crippen LogP contribution in [0.5, 0.6) is 17.2 Å². The van der Waals surface area contributed by atoms with E-state index in [1.807, 2.05) is 6.07 Å². The zero-order valence-corrected chi connectivity index (χ0v) is 29.8. The number of benzene rings is 3. The smallest absolute Gasteiger partial charge is 0.352 e. The molecule has 0 aliphatic rings. The van der Waals surface area contributed by atoms with Crippen molar-refractivity contribution in [2.45, 2.75) is 64.4 Å². The molecule has 3 aromatic rings. The number of hydrogen-bond donors (Lipinski definition) is 2. The summed E-state index contributed by atoms with van der Waals surface area (Å²) in [6, 6.07) is 17.1. The van der Waals surface area contributed by atoms with Gasteiger partial charge < -0.3 is 39.1 Å². The summed E-state index contributed by atoms with van der Waals surface area (Å²) in [5.41, 5.74) is 0.530. The summed E-state index contributed by atoms with van der Waals surface area (Å²) in [6.07, 6.45) is -0.456. The first-order valence-electron chi connectivity index (χ1n) is 16.6. The SMILES string of the molecule is CC(OC(=O)c1ccc(OC#N)cc1)C(=O)NCCCCC(NC(=O)C(C)OC(=O)c1ccc(C#N)cc1)C(=O)OC(C)C(=O)Oc1ccc(OC#N)cc1. The van der Waals surface area contributed by atoms with Gasteiger partial charge in [0.15, 0.2) is 18.3 Å². The zero-order valence-electron chi connectivity index (χ0n) is 29.8. The van der Waals surface area contributed by atoms with Gasteiger partial charge in [-0.25, -0.2) is 19.2 Å². The van der Waals surface area contributed by atoms with Crippen molar-refractivity contribution >= 4 is 35.7 Å². The van der Waals surface area contributed by atoms with Crippen LogP contribution < -0.4 is 24.8 Å². The number of esters is 4. The van der Waals surface area contributed by atoms with Gasteiger partial charge in [0.25, 0.3) is 24.3 Å². The summed E-state index contributed by atoms with van der Waals surface area (Å²) in [5.74, 6) is -4.52. The molecule has 3 rings (SSSR count). The van der Waals surface area contributed by atoms with Crippen molar-refractivity contribution in [3.8, 4) is 35.8 Å². The quantitative estimate of drug-likeness (QED) is 0.0621. The molecule has 2 N–H and O–H groups in total. The normalized spacial score (nSPS) is 12.3. The highest BCUT2D eigenvalue weighted by molar-refractivity contribution is 5.94. The molecule has 0 aliphatic heterocycles. The second kappa shape index (κ2) is 21.2. The van der Waals surface area contributed by atoms with Crippen LogP contribution in [0.4, 0.5) is 0 Å². The minimum absolute atomic E-state index is 0.0328. The van der Waals surface area contributed by atoms with Gasteiger partial charge in [0.1, 0.15) is 23.3 Å². The van der Waals surface area contributed by atoms with E-state index >= 15 is 0 Å². The van der Waals surface area contributed by atoms with Gasteiger partial charge in [-0.05, 0) is 113 Å². The van der Waals surface area contributed by atoms with E-state index in [-0.39, 0.29) is 47.8 Å². The Morgan fingerprint density at radius 3 is 1.62 bits per heavy atom. The minimum atomic E-state index is -1.43. The Morgan fingerprint density at radius 1 is 0.600 bits per heavy atom. The first-order valence-corrected chi connectivity index (χ1v) is 16.6. The van der Waals surface area contributed by atoms with Crippen molar-refractivity contribution in [2.24, 2.45) is 0 Å². The van der Waals surface area contributed by atoms with E-state index in [0.29, 0.717) is 12.0 Å². The van der Waals surface area contributed by atoms with Gasteiger partial charge in [-0.2, -0.15) is 5.26 Å². The van der Waals surface area contributed by atoms with Crippen molar-refractivity contribution in [3.05, 3.63) is 89.5 Å². The Labute approximate surface area is 315 Å². The Morgan fingerprint density at radius 2 is 1.09 bits per heavy atom. The second-order valence-corrected chi connectivity index (χ2v) is 11.5. The molecule has 0 aliphatic carbocycles. The van der Waals surface area contributed by atoms with Crippen LogP contribution in [0.15, 0.2) is 72.8 Å². The minimum Gasteiger partial charge on any atom is -0.449 e. The highest BCUT2D eigenvalue weighted by Gasteiger charge is 2.30. The van der Waals surface area contributed by atoms with E-state index in [9.17, 15) is 28.8 Å². The second-order valence-electron chi connectivity index (χ2n) is 11.5. The lowest BCUT2D eigenvalue weighted by molar-refractivity contribution is -0.163. The molecule has 3 aromatic carbocycles. The van der Waals surface area contributed by atoms with Gasteiger partial charge in [0.2, 0.25) is 0 Å². The lowest BCUT2D eigenvalue weighted by Crippen LogP contribution is -2.47. The number of nitrogens with one attached hydrogen (secondary N) is 2. The Kier molecular flexibility index (Phi) is 16.2. The largest absolute Gasteiger partial charge is 0.449 e. The van der Waals surface area contributed by atoms with E-state index in [0.717, 1.165) is 0 Å². The molecule has 0 heterocycles. The van der Waals surface area contributed by atoms with Crippen LogP contribution in [0.1, 0.15) is 66.3 Å². The van der Waals surface area contributed by atoms with Crippen LogP contribution in [-0.2, 0) is 33.4 Å². The maximum absolute atomic E-state index is 13.3. The Hall–Kier alpha value is -7.45. The van der Waals surface area contributed by atoms with Crippen LogP contribution in [0.25, 0.3) is 0 Å². The van der Waals surface area contributed by atoms with E-state index in [4.69, 9.17) is 34.7 Å². The number of hydrogen-bond acceptors (Lipinski definition) is 15. The predicted octanol–water partition coefficient (Wildman–Crippen LogP) is 3.38. The van der Waals surface area contributed by atoms with Crippen LogP contribution >= 0.6 is 0 Å². The average Bonchev–Trinajstić information content (AvgIpc) is 3.18. The summed E-state index contributed by atoms with van der Waals surface area (Å²) in [7, 11) is 0. The maximum atomic E-state index is 13.3. The average molecular weight is 754 g/mol. The van der Waals surface area contributed by atoms with Crippen molar-refractivity contribution in [1.82, 2.24) is 10.6 Å².